The SMILES string of the molecule is Cc1csc(S[C@@H](C)C(=O)Nc2ccc3c(c2)C(=O)c2ccccc2C3=O)n1. The zero-order valence-corrected chi connectivity index (χ0v) is 16.8. The van der Waals surface area contributed by atoms with E-state index in [4.69, 9.17) is 0 Å². The molecule has 7 heteroatoms. The van der Waals surface area contributed by atoms with Crippen LogP contribution in [0, 0.1) is 6.92 Å². The third-order valence-corrected chi connectivity index (χ3v) is 6.63. The molecule has 0 spiro atoms. The minimum absolute atomic E-state index is 0.175. The average Bonchev–Trinajstić information content (AvgIpc) is 3.10. The number of carbonyl (C=O) groups is 3. The highest BCUT2D eigenvalue weighted by Gasteiger charge is 2.29. The van der Waals surface area contributed by atoms with Gasteiger partial charge in [0.2, 0.25) is 5.91 Å². The van der Waals surface area contributed by atoms with Crippen LogP contribution in [0.2, 0.25) is 0 Å². The van der Waals surface area contributed by atoms with Crippen LogP contribution in [0.5, 0.6) is 0 Å². The molecule has 5 nitrogen and oxygen atoms in total. The van der Waals surface area contributed by atoms with Crippen molar-refractivity contribution in [2.24, 2.45) is 0 Å². The van der Waals surface area contributed by atoms with Crippen LogP contribution in [0.15, 0.2) is 52.2 Å². The monoisotopic (exact) mass is 408 g/mol. The average molecular weight is 409 g/mol. The van der Waals surface area contributed by atoms with E-state index in [0.29, 0.717) is 27.9 Å². The molecule has 1 aromatic heterocycles. The molecule has 1 aliphatic rings. The van der Waals surface area contributed by atoms with Gasteiger partial charge in [-0.05, 0) is 32.0 Å². The van der Waals surface area contributed by atoms with Crippen molar-refractivity contribution in [2.45, 2.75) is 23.4 Å². The topological polar surface area (TPSA) is 76.1 Å². The van der Waals surface area contributed by atoms with Crippen LogP contribution in [0.1, 0.15) is 44.5 Å². The quantitative estimate of drug-likeness (QED) is 0.508. The molecule has 140 valence electrons. The molecule has 1 aliphatic carbocycles. The lowest BCUT2D eigenvalue weighted by Gasteiger charge is -2.18. The molecule has 1 N–H and O–H groups in total. The number of thiazole rings is 1. The highest BCUT2D eigenvalue weighted by molar-refractivity contribution is 8.02. The van der Waals surface area contributed by atoms with Crippen LogP contribution >= 0.6 is 23.1 Å². The van der Waals surface area contributed by atoms with Crippen LogP contribution in [-0.4, -0.2) is 27.7 Å². The van der Waals surface area contributed by atoms with Gasteiger partial charge in [-0.15, -0.1) is 11.3 Å². The summed E-state index contributed by atoms with van der Waals surface area (Å²) in [5.41, 5.74) is 2.91. The number of aromatic nitrogens is 1. The number of anilines is 1. The minimum Gasteiger partial charge on any atom is -0.325 e. The fourth-order valence-corrected chi connectivity index (χ4v) is 5.00. The molecule has 1 atom stereocenters. The van der Waals surface area contributed by atoms with Gasteiger partial charge in [-0.25, -0.2) is 4.98 Å². The second-order valence-electron chi connectivity index (χ2n) is 6.47. The number of rotatable bonds is 4. The number of hydrogen-bond acceptors (Lipinski definition) is 6. The number of amides is 1. The summed E-state index contributed by atoms with van der Waals surface area (Å²) in [6.45, 7) is 3.72. The Morgan fingerprint density at radius 2 is 1.68 bits per heavy atom. The van der Waals surface area contributed by atoms with Gasteiger partial charge in [-0.2, -0.15) is 0 Å². The molecule has 1 amide bonds. The first-order valence-electron chi connectivity index (χ1n) is 8.66. The number of ketones is 2. The maximum Gasteiger partial charge on any atom is 0.237 e. The van der Waals surface area contributed by atoms with E-state index in [-0.39, 0.29) is 22.7 Å². The van der Waals surface area contributed by atoms with E-state index in [9.17, 15) is 14.4 Å². The maximum atomic E-state index is 12.8. The summed E-state index contributed by atoms with van der Waals surface area (Å²) in [6.07, 6.45) is 0. The molecule has 0 saturated carbocycles. The van der Waals surface area contributed by atoms with Gasteiger partial charge in [0.05, 0.1) is 5.25 Å². The summed E-state index contributed by atoms with van der Waals surface area (Å²) >= 11 is 2.89. The molecule has 4 rings (SSSR count). The van der Waals surface area contributed by atoms with E-state index in [1.165, 1.54) is 23.1 Å². The van der Waals surface area contributed by atoms with E-state index >= 15 is 0 Å². The molecule has 1 heterocycles. The first-order chi connectivity index (χ1) is 13.4. The lowest BCUT2D eigenvalue weighted by molar-refractivity contribution is -0.115. The summed E-state index contributed by atoms with van der Waals surface area (Å²) in [6, 6.07) is 11.6. The number of aryl methyl sites for hydroxylation is 1. The fourth-order valence-electron chi connectivity index (χ4n) is 3.01. The summed E-state index contributed by atoms with van der Waals surface area (Å²) in [5.74, 6) is -0.569. The second-order valence-corrected chi connectivity index (χ2v) is 8.91. The van der Waals surface area contributed by atoms with Crippen molar-refractivity contribution in [3.8, 4) is 0 Å². The molecule has 0 unspecified atom stereocenters. The van der Waals surface area contributed by atoms with Crippen molar-refractivity contribution >= 4 is 46.3 Å². The van der Waals surface area contributed by atoms with E-state index in [2.05, 4.69) is 10.3 Å². The molecule has 28 heavy (non-hydrogen) atoms. The third-order valence-electron chi connectivity index (χ3n) is 4.44. The minimum atomic E-state index is -0.348. The number of fused-ring (bicyclic) bond motifs is 2. The smallest absolute Gasteiger partial charge is 0.237 e. The summed E-state index contributed by atoms with van der Waals surface area (Å²) in [7, 11) is 0. The Kier molecular flexibility index (Phi) is 4.87. The van der Waals surface area contributed by atoms with Crippen LogP contribution < -0.4 is 5.32 Å². The first kappa shape index (κ1) is 18.6. The van der Waals surface area contributed by atoms with Crippen molar-refractivity contribution in [1.82, 2.24) is 4.98 Å². The zero-order valence-electron chi connectivity index (χ0n) is 15.2. The van der Waals surface area contributed by atoms with Crippen molar-refractivity contribution < 1.29 is 14.4 Å². The normalized spacial score (nSPS) is 13.6. The lowest BCUT2D eigenvalue weighted by Crippen LogP contribution is -2.24. The number of hydrogen-bond donors (Lipinski definition) is 1. The van der Waals surface area contributed by atoms with Gasteiger partial charge in [0.1, 0.15) is 0 Å². The van der Waals surface area contributed by atoms with E-state index in [0.717, 1.165) is 10.0 Å². The Hall–Kier alpha value is -2.77. The second kappa shape index (κ2) is 7.33. The first-order valence-corrected chi connectivity index (χ1v) is 10.4. The molecule has 0 radical (unpaired) electrons. The van der Waals surface area contributed by atoms with Gasteiger partial charge in [0.15, 0.2) is 15.9 Å². The van der Waals surface area contributed by atoms with Crippen LogP contribution in [-0.2, 0) is 4.79 Å². The Morgan fingerprint density at radius 3 is 2.32 bits per heavy atom. The number of thioether (sulfide) groups is 1. The third kappa shape index (κ3) is 3.39. The zero-order chi connectivity index (χ0) is 19.8. The fraction of sp³-hybridized carbons (Fsp3) is 0.143. The number of carbonyl (C=O) groups excluding carboxylic acids is 3. The molecule has 0 fully saturated rings. The van der Waals surface area contributed by atoms with Crippen molar-refractivity contribution in [1.29, 1.82) is 0 Å². The largest absolute Gasteiger partial charge is 0.325 e. The van der Waals surface area contributed by atoms with Gasteiger partial charge in [-0.1, -0.05) is 36.0 Å². The van der Waals surface area contributed by atoms with Crippen LogP contribution in [0.3, 0.4) is 0 Å². The Morgan fingerprint density at radius 1 is 1.04 bits per heavy atom. The Bertz CT molecular complexity index is 1120. The molecule has 0 saturated heterocycles. The standard InChI is InChI=1S/C21H16N2O3S2/c1-11-10-27-21(22-11)28-12(2)20(26)23-13-7-8-16-17(9-13)19(25)15-6-4-3-5-14(15)18(16)24/h3-10,12H,1-2H3,(H,23,26)/t12-/m0/s1. The molecular formula is C21H16N2O3S2. The van der Waals surface area contributed by atoms with Crippen molar-refractivity contribution in [3.63, 3.8) is 0 Å². The molecule has 3 aromatic rings. The van der Waals surface area contributed by atoms with Crippen molar-refractivity contribution in [3.05, 3.63) is 75.8 Å². The Labute approximate surface area is 170 Å². The molecule has 0 aliphatic heterocycles. The number of nitrogens with zero attached hydrogens (tertiary/aromatic N) is 1. The van der Waals surface area contributed by atoms with E-state index in [1.807, 2.05) is 12.3 Å². The highest BCUT2D eigenvalue weighted by Crippen LogP contribution is 2.30. The molecule has 2 aromatic carbocycles. The summed E-state index contributed by atoms with van der Waals surface area (Å²) in [5, 5.41) is 4.43. The molecular weight excluding hydrogens is 392 g/mol. The van der Waals surface area contributed by atoms with E-state index < -0.39 is 0 Å². The molecule has 0 bridgehead atoms. The van der Waals surface area contributed by atoms with Gasteiger partial charge in [0, 0.05) is 39.0 Å². The summed E-state index contributed by atoms with van der Waals surface area (Å²) in [4.78, 5) is 42.3. The number of benzene rings is 2. The van der Waals surface area contributed by atoms with Gasteiger partial charge in [-0.3, -0.25) is 14.4 Å². The predicted molar refractivity (Wildman–Crippen MR) is 111 cm³/mol. The van der Waals surface area contributed by atoms with Gasteiger partial charge >= 0.3 is 0 Å². The summed E-state index contributed by atoms with van der Waals surface area (Å²) < 4.78 is 0.836. The predicted octanol–water partition coefficient (Wildman–Crippen LogP) is 4.35. The Balaban J connectivity index is 1.55. The van der Waals surface area contributed by atoms with E-state index in [1.54, 1.807) is 49.4 Å². The van der Waals surface area contributed by atoms with Gasteiger partial charge < -0.3 is 5.32 Å². The lowest BCUT2D eigenvalue weighted by atomic mass is 9.84. The van der Waals surface area contributed by atoms with Crippen LogP contribution in [0.25, 0.3) is 0 Å². The maximum absolute atomic E-state index is 12.8. The van der Waals surface area contributed by atoms with Gasteiger partial charge in [0.25, 0.3) is 0 Å². The number of nitrogens with one attached hydrogen (secondary N) is 1. The van der Waals surface area contributed by atoms with Crippen molar-refractivity contribution in [2.75, 3.05) is 5.32 Å². The highest BCUT2D eigenvalue weighted by atomic mass is 32.2. The van der Waals surface area contributed by atoms with Crippen LogP contribution in [0.4, 0.5) is 5.69 Å².